The summed E-state index contributed by atoms with van der Waals surface area (Å²) >= 11 is 1.92. The van der Waals surface area contributed by atoms with E-state index in [2.05, 4.69) is 240 Å². The van der Waals surface area contributed by atoms with Crippen LogP contribution in [0, 0.1) is 12.8 Å². The molecule has 0 N–H and O–H groups in total. The summed E-state index contributed by atoms with van der Waals surface area (Å²) in [7, 11) is 0. The zero-order valence-corrected chi connectivity index (χ0v) is 46.7. The predicted molar refractivity (Wildman–Crippen MR) is 334 cm³/mol. The molecule has 0 saturated carbocycles. The fourth-order valence-electron chi connectivity index (χ4n) is 7.77. The van der Waals surface area contributed by atoms with Crippen LogP contribution in [0.1, 0.15) is 127 Å². The van der Waals surface area contributed by atoms with Gasteiger partial charge in [0.25, 0.3) is 0 Å². The number of fused-ring (bicyclic) bond motifs is 3. The van der Waals surface area contributed by atoms with Gasteiger partial charge in [0.05, 0.1) is 5.69 Å². The molecule has 9 rings (SSSR count). The van der Waals surface area contributed by atoms with Gasteiger partial charge in [-0.25, -0.2) is 0 Å². The summed E-state index contributed by atoms with van der Waals surface area (Å²) < 4.78 is 1.37. The van der Waals surface area contributed by atoms with E-state index in [1.54, 1.807) is 0 Å². The number of benzene rings is 5. The van der Waals surface area contributed by atoms with Crippen molar-refractivity contribution >= 4 is 44.7 Å². The zero-order valence-electron chi connectivity index (χ0n) is 45.9. The summed E-state index contributed by atoms with van der Waals surface area (Å²) in [6.45, 7) is 30.5. The molecule has 0 saturated heterocycles. The van der Waals surface area contributed by atoms with Crippen LogP contribution in [0.15, 0.2) is 208 Å². The first-order valence-electron chi connectivity index (χ1n) is 26.4. The van der Waals surface area contributed by atoms with Crippen molar-refractivity contribution in [3.63, 3.8) is 0 Å². The average Bonchev–Trinajstić information content (AvgIpc) is 3.66. The molecule has 2 aromatic heterocycles. The molecule has 0 aliphatic heterocycles. The maximum absolute atomic E-state index is 4.48. The van der Waals surface area contributed by atoms with Crippen molar-refractivity contribution in [3.8, 4) is 46.4 Å². The number of aromatic nitrogens is 1. The number of hydrogen-bond acceptors (Lipinski definition) is 2. The van der Waals surface area contributed by atoms with Crippen LogP contribution in [0.2, 0.25) is 0 Å². The van der Waals surface area contributed by atoms with Crippen molar-refractivity contribution in [2.24, 2.45) is 0 Å². The Kier molecular flexibility index (Phi) is 31.0. The molecular formula is C71H83NS. The molecule has 2 heterocycles. The van der Waals surface area contributed by atoms with Gasteiger partial charge < -0.3 is 0 Å². The van der Waals surface area contributed by atoms with E-state index in [1.165, 1.54) is 89.0 Å². The maximum Gasteiger partial charge on any atom is 0.0701 e. The van der Waals surface area contributed by atoms with Gasteiger partial charge in [0.1, 0.15) is 0 Å². The average molecular weight is 983 g/mol. The molecule has 73 heavy (non-hydrogen) atoms. The maximum atomic E-state index is 4.48. The third-order valence-electron chi connectivity index (χ3n) is 11.3. The molecule has 2 heteroatoms. The minimum atomic E-state index is 1.00. The second-order valence-electron chi connectivity index (χ2n) is 16.0. The van der Waals surface area contributed by atoms with Crippen molar-refractivity contribution in [1.82, 2.24) is 4.98 Å². The van der Waals surface area contributed by atoms with Gasteiger partial charge in [0.2, 0.25) is 0 Å². The Hall–Kier alpha value is -7.31. The highest BCUT2D eigenvalue weighted by Crippen LogP contribution is 2.38. The van der Waals surface area contributed by atoms with Crippen LogP contribution in [0.25, 0.3) is 66.9 Å². The van der Waals surface area contributed by atoms with Crippen LogP contribution in [0.4, 0.5) is 0 Å². The summed E-state index contributed by atoms with van der Waals surface area (Å²) in [6.07, 6.45) is 40.5. The van der Waals surface area contributed by atoms with Gasteiger partial charge in [-0.2, -0.15) is 0 Å². The number of nitrogens with zero attached hydrogens (tertiary/aromatic N) is 1. The topological polar surface area (TPSA) is 12.9 Å². The lowest BCUT2D eigenvalue weighted by Gasteiger charge is -2.11. The Balaban J connectivity index is 0.000000391. The highest BCUT2D eigenvalue weighted by Gasteiger charge is 2.13. The van der Waals surface area contributed by atoms with E-state index in [4.69, 9.17) is 0 Å². The van der Waals surface area contributed by atoms with E-state index in [1.807, 2.05) is 78.1 Å². The van der Waals surface area contributed by atoms with Gasteiger partial charge in [-0.3, -0.25) is 4.98 Å². The lowest BCUT2D eigenvalue weighted by Crippen LogP contribution is -1.88. The number of hydrogen-bond donors (Lipinski definition) is 0. The Morgan fingerprint density at radius 3 is 1.93 bits per heavy atom. The molecule has 0 spiro atoms. The quantitative estimate of drug-likeness (QED) is 0.0756. The van der Waals surface area contributed by atoms with Gasteiger partial charge in [-0.15, -0.1) is 37.3 Å². The number of rotatable bonds is 10. The standard InChI is InChI=1S/C32H25NS.C15H18.C14H16.3C2H6.C2H4.C2H2/c1-2-22-18-26(23-11-13-24(14-12-23)30-9-6-7-17-33-30)20-27(19-22)25-15-16-32-29(21-25)28-8-4-3-5-10-31(28)34-32;1-4-5-6-7-9-14-10-8-11-15(12-14)13(2)3;1-2-12-7-6-10-14(11-12)13-8-4-3-5-9-13;5*1-2/h3-9,11-21H,2,10H2,1H3;5-12H,2,4H2,1,3H3;4,6-11H,2-3,5H2,1H3;3*1-2H3;1-2H2;1-2H/b;6-5-,9-7-;;;;;;. The largest absolute Gasteiger partial charge is 0.256 e. The van der Waals surface area contributed by atoms with E-state index in [0.29, 0.717) is 0 Å². The van der Waals surface area contributed by atoms with E-state index >= 15 is 0 Å². The Morgan fingerprint density at radius 2 is 1.29 bits per heavy atom. The second kappa shape index (κ2) is 36.6. The van der Waals surface area contributed by atoms with Crippen molar-refractivity contribution in [3.05, 3.63) is 246 Å². The monoisotopic (exact) mass is 982 g/mol. The molecule has 7 aromatic rings. The molecule has 0 radical (unpaired) electrons. The number of thiophene rings is 1. The van der Waals surface area contributed by atoms with E-state index in [9.17, 15) is 0 Å². The first-order chi connectivity index (χ1) is 35.9. The first-order valence-corrected chi connectivity index (χ1v) is 27.2. The molecule has 1 nitrogen and oxygen atoms in total. The van der Waals surface area contributed by atoms with Gasteiger partial charge in [0, 0.05) is 33.1 Å². The van der Waals surface area contributed by atoms with Gasteiger partial charge in [-0.05, 0) is 137 Å². The Labute approximate surface area is 447 Å². The predicted octanol–water partition coefficient (Wildman–Crippen LogP) is 21.8. The van der Waals surface area contributed by atoms with Crippen LogP contribution in [-0.4, -0.2) is 4.98 Å². The molecule has 0 bridgehead atoms. The summed E-state index contributed by atoms with van der Waals surface area (Å²) in [5, 5.41) is 1.36. The van der Waals surface area contributed by atoms with Crippen LogP contribution >= 0.6 is 11.3 Å². The number of terminal acetylenes is 1. The van der Waals surface area contributed by atoms with Gasteiger partial charge in [0.15, 0.2) is 0 Å². The molecule has 5 aromatic carbocycles. The molecular weight excluding hydrogens is 899 g/mol. The third-order valence-corrected chi connectivity index (χ3v) is 12.6. The molecule has 378 valence electrons. The SMILES string of the molecule is C#C.C=C.C=C(C)c1cccc(/C=C\C=C/CC)c1.CC.CC.CC.CCc1cc(-c2ccc(-c3ccccn3)cc2)cc(-c2ccc3sc4c(c3c2)C=CC=CC4)c1.CCc1cccc(C2=CCCC=C2)c1. The number of pyridine rings is 1. The van der Waals surface area contributed by atoms with E-state index < -0.39 is 0 Å². The van der Waals surface area contributed by atoms with Gasteiger partial charge in [-0.1, -0.05) is 232 Å². The second-order valence-corrected chi connectivity index (χ2v) is 17.1. The number of aryl methyl sites for hydroxylation is 2. The normalized spacial score (nSPS) is 11.5. The molecule has 0 fully saturated rings. The van der Waals surface area contributed by atoms with Crippen LogP contribution in [-0.2, 0) is 19.3 Å². The van der Waals surface area contributed by atoms with E-state index in [0.717, 1.165) is 42.5 Å². The Bertz CT molecular complexity index is 2890. The minimum Gasteiger partial charge on any atom is -0.256 e. The fraction of sp³-hybridized carbons (Fsp3) is 0.225. The Morgan fingerprint density at radius 1 is 0.616 bits per heavy atom. The van der Waals surface area contributed by atoms with Crippen LogP contribution in [0.3, 0.4) is 0 Å². The lowest BCUT2D eigenvalue weighted by molar-refractivity contribution is 1.04. The summed E-state index contributed by atoms with van der Waals surface area (Å²) in [4.78, 5) is 5.93. The van der Waals surface area contributed by atoms with Crippen molar-refractivity contribution in [1.29, 1.82) is 0 Å². The van der Waals surface area contributed by atoms with E-state index in [-0.39, 0.29) is 0 Å². The fourth-order valence-corrected chi connectivity index (χ4v) is 8.92. The summed E-state index contributed by atoms with van der Waals surface area (Å²) in [6, 6.07) is 46.0. The molecule has 2 aliphatic carbocycles. The smallest absolute Gasteiger partial charge is 0.0701 e. The van der Waals surface area contributed by atoms with Gasteiger partial charge >= 0.3 is 0 Å². The molecule has 0 amide bonds. The third kappa shape index (κ3) is 19.7. The van der Waals surface area contributed by atoms with Crippen molar-refractivity contribution < 1.29 is 0 Å². The van der Waals surface area contributed by atoms with Crippen LogP contribution < -0.4 is 0 Å². The molecule has 0 atom stereocenters. The lowest BCUT2D eigenvalue weighted by atomic mass is 9.94. The van der Waals surface area contributed by atoms with Crippen LogP contribution in [0.5, 0.6) is 0 Å². The van der Waals surface area contributed by atoms with Crippen molar-refractivity contribution in [2.45, 2.75) is 108 Å². The molecule has 2 aliphatic rings. The van der Waals surface area contributed by atoms with Crippen molar-refractivity contribution in [2.75, 3.05) is 0 Å². The first kappa shape index (κ1) is 61.8. The molecule has 0 unspecified atom stereocenters. The highest BCUT2D eigenvalue weighted by atomic mass is 32.1. The summed E-state index contributed by atoms with van der Waals surface area (Å²) in [5.41, 5.74) is 17.6. The zero-order chi connectivity index (χ0) is 53.8. The highest BCUT2D eigenvalue weighted by molar-refractivity contribution is 7.19. The summed E-state index contributed by atoms with van der Waals surface area (Å²) in [5.74, 6) is 0. The number of allylic oxidation sites excluding steroid dienone is 11. The minimum absolute atomic E-state index is 1.00.